The Balaban J connectivity index is 1.48. The van der Waals surface area contributed by atoms with E-state index in [-0.39, 0.29) is 0 Å². The van der Waals surface area contributed by atoms with Crippen molar-refractivity contribution >= 4 is 22.4 Å². The summed E-state index contributed by atoms with van der Waals surface area (Å²) >= 11 is 0. The summed E-state index contributed by atoms with van der Waals surface area (Å²) in [5, 5.41) is 8.07. The van der Waals surface area contributed by atoms with E-state index in [0.717, 1.165) is 85.4 Å². The van der Waals surface area contributed by atoms with Crippen molar-refractivity contribution < 1.29 is 9.47 Å². The standard InChI is InChI=1S/C24H29N5O2/c1-30-23-13-18(4-5-22(23)29-9-11-31-12-10-29)20-14-21-19(3-2-7-26-21)24(28-20)27-16-17-6-8-25-15-17/h2-5,7,13-14,17,25H,6,8-12,15-16H2,1H3,(H,27,28). The first-order valence-electron chi connectivity index (χ1n) is 11.0. The molecule has 2 N–H and O–H groups in total. The number of methoxy groups -OCH3 is 1. The average Bonchev–Trinajstić information content (AvgIpc) is 3.36. The quantitative estimate of drug-likeness (QED) is 0.636. The van der Waals surface area contributed by atoms with E-state index in [1.54, 1.807) is 7.11 Å². The van der Waals surface area contributed by atoms with Crippen LogP contribution in [0.4, 0.5) is 11.5 Å². The summed E-state index contributed by atoms with van der Waals surface area (Å²) in [4.78, 5) is 11.9. The lowest BCUT2D eigenvalue weighted by atomic mass is 10.1. The fourth-order valence-corrected chi connectivity index (χ4v) is 4.39. The Morgan fingerprint density at radius 2 is 2.13 bits per heavy atom. The number of nitrogens with zero attached hydrogens (tertiary/aromatic N) is 3. The number of nitrogens with one attached hydrogen (secondary N) is 2. The summed E-state index contributed by atoms with van der Waals surface area (Å²) in [5.41, 5.74) is 3.95. The van der Waals surface area contributed by atoms with E-state index in [0.29, 0.717) is 5.92 Å². The Morgan fingerprint density at radius 3 is 2.94 bits per heavy atom. The first kappa shape index (κ1) is 20.0. The molecular weight excluding hydrogens is 390 g/mol. The minimum atomic E-state index is 0.630. The predicted molar refractivity (Wildman–Crippen MR) is 124 cm³/mol. The molecule has 2 aliphatic heterocycles. The summed E-state index contributed by atoms with van der Waals surface area (Å²) in [6, 6.07) is 12.4. The van der Waals surface area contributed by atoms with Crippen LogP contribution in [0, 0.1) is 5.92 Å². The Kier molecular flexibility index (Phi) is 5.86. The van der Waals surface area contributed by atoms with Crippen molar-refractivity contribution in [3.63, 3.8) is 0 Å². The molecule has 0 radical (unpaired) electrons. The number of anilines is 2. The van der Waals surface area contributed by atoms with Crippen molar-refractivity contribution in [1.29, 1.82) is 0 Å². The molecule has 4 heterocycles. The smallest absolute Gasteiger partial charge is 0.142 e. The largest absolute Gasteiger partial charge is 0.495 e. The number of aromatic nitrogens is 2. The van der Waals surface area contributed by atoms with Gasteiger partial charge in [-0.25, -0.2) is 4.98 Å². The molecule has 1 aromatic carbocycles. The maximum atomic E-state index is 5.74. The Morgan fingerprint density at radius 1 is 1.23 bits per heavy atom. The van der Waals surface area contributed by atoms with Crippen LogP contribution >= 0.6 is 0 Å². The topological polar surface area (TPSA) is 71.5 Å². The molecule has 0 spiro atoms. The minimum absolute atomic E-state index is 0.630. The van der Waals surface area contributed by atoms with Crippen molar-refractivity contribution in [2.45, 2.75) is 6.42 Å². The van der Waals surface area contributed by atoms with Crippen molar-refractivity contribution in [2.24, 2.45) is 5.92 Å². The van der Waals surface area contributed by atoms with Crippen LogP contribution in [0.15, 0.2) is 42.6 Å². The van der Waals surface area contributed by atoms with Crippen molar-refractivity contribution in [3.05, 3.63) is 42.6 Å². The summed E-state index contributed by atoms with van der Waals surface area (Å²) in [6.45, 7) is 6.30. The zero-order valence-electron chi connectivity index (χ0n) is 17.9. The van der Waals surface area contributed by atoms with Crippen LogP contribution in [0.25, 0.3) is 22.2 Å². The average molecular weight is 420 g/mol. The Bertz CT molecular complexity index is 1050. The van der Waals surface area contributed by atoms with Crippen LogP contribution in [-0.2, 0) is 4.74 Å². The summed E-state index contributed by atoms with van der Waals surface area (Å²) < 4.78 is 11.2. The number of rotatable bonds is 6. The summed E-state index contributed by atoms with van der Waals surface area (Å²) in [5.74, 6) is 2.38. The van der Waals surface area contributed by atoms with Gasteiger partial charge in [0.05, 0.1) is 37.2 Å². The maximum Gasteiger partial charge on any atom is 0.142 e. The normalized spacial score (nSPS) is 19.0. The third-order valence-corrected chi connectivity index (χ3v) is 6.15. The van der Waals surface area contributed by atoms with Gasteiger partial charge < -0.3 is 25.0 Å². The number of ether oxygens (including phenoxy) is 2. The second-order valence-electron chi connectivity index (χ2n) is 8.15. The molecule has 162 valence electrons. The Labute approximate surface area is 182 Å². The van der Waals surface area contributed by atoms with Gasteiger partial charge in [0, 0.05) is 36.8 Å². The highest BCUT2D eigenvalue weighted by Crippen LogP contribution is 2.35. The lowest BCUT2D eigenvalue weighted by Gasteiger charge is -2.30. The highest BCUT2D eigenvalue weighted by Gasteiger charge is 2.18. The SMILES string of the molecule is COc1cc(-c2cc3ncccc3c(NCC3CCNC3)n2)ccc1N1CCOCC1. The van der Waals surface area contributed by atoms with Gasteiger partial charge >= 0.3 is 0 Å². The molecule has 1 atom stereocenters. The van der Waals surface area contributed by atoms with Gasteiger partial charge in [-0.2, -0.15) is 0 Å². The number of pyridine rings is 2. The molecule has 5 rings (SSSR count). The van der Waals surface area contributed by atoms with E-state index >= 15 is 0 Å². The number of morpholine rings is 1. The van der Waals surface area contributed by atoms with Crippen LogP contribution in [0.5, 0.6) is 5.75 Å². The van der Waals surface area contributed by atoms with Gasteiger partial charge in [-0.3, -0.25) is 4.98 Å². The summed E-state index contributed by atoms with van der Waals surface area (Å²) in [7, 11) is 1.72. The van der Waals surface area contributed by atoms with Crippen molar-refractivity contribution in [2.75, 3.05) is 63.3 Å². The van der Waals surface area contributed by atoms with Gasteiger partial charge in [0.1, 0.15) is 11.6 Å². The zero-order chi connectivity index (χ0) is 21.0. The van der Waals surface area contributed by atoms with E-state index in [9.17, 15) is 0 Å². The number of hydrogen-bond acceptors (Lipinski definition) is 7. The minimum Gasteiger partial charge on any atom is -0.495 e. The second kappa shape index (κ2) is 9.08. The lowest BCUT2D eigenvalue weighted by molar-refractivity contribution is 0.122. The van der Waals surface area contributed by atoms with E-state index in [1.807, 2.05) is 12.3 Å². The van der Waals surface area contributed by atoms with Gasteiger partial charge in [-0.1, -0.05) is 6.07 Å². The second-order valence-corrected chi connectivity index (χ2v) is 8.15. The van der Waals surface area contributed by atoms with Gasteiger partial charge in [-0.05, 0) is 55.8 Å². The monoisotopic (exact) mass is 419 g/mol. The fourth-order valence-electron chi connectivity index (χ4n) is 4.39. The molecule has 2 saturated heterocycles. The van der Waals surface area contributed by atoms with Crippen LogP contribution < -0.4 is 20.3 Å². The van der Waals surface area contributed by atoms with Gasteiger partial charge in [0.15, 0.2) is 0 Å². The van der Waals surface area contributed by atoms with Gasteiger partial charge in [0.25, 0.3) is 0 Å². The van der Waals surface area contributed by atoms with E-state index in [2.05, 4.69) is 50.8 Å². The van der Waals surface area contributed by atoms with E-state index in [4.69, 9.17) is 14.5 Å². The maximum absolute atomic E-state index is 5.74. The molecule has 0 aliphatic carbocycles. The highest BCUT2D eigenvalue weighted by atomic mass is 16.5. The molecule has 2 aromatic heterocycles. The van der Waals surface area contributed by atoms with Crippen LogP contribution in [0.1, 0.15) is 6.42 Å². The molecule has 2 fully saturated rings. The molecule has 0 saturated carbocycles. The molecule has 0 amide bonds. The first-order valence-corrected chi connectivity index (χ1v) is 11.0. The molecule has 3 aromatic rings. The van der Waals surface area contributed by atoms with Gasteiger partial charge in [0.2, 0.25) is 0 Å². The molecule has 1 unspecified atom stereocenters. The lowest BCUT2D eigenvalue weighted by Crippen LogP contribution is -2.36. The summed E-state index contributed by atoms with van der Waals surface area (Å²) in [6.07, 6.45) is 3.03. The third-order valence-electron chi connectivity index (χ3n) is 6.15. The first-order chi connectivity index (χ1) is 15.3. The predicted octanol–water partition coefficient (Wildman–Crippen LogP) is 3.16. The number of hydrogen-bond donors (Lipinski definition) is 2. The van der Waals surface area contributed by atoms with Crippen LogP contribution in [0.2, 0.25) is 0 Å². The van der Waals surface area contributed by atoms with Crippen molar-refractivity contribution in [1.82, 2.24) is 15.3 Å². The zero-order valence-corrected chi connectivity index (χ0v) is 17.9. The molecule has 2 aliphatic rings. The molecular formula is C24H29N5O2. The molecule has 0 bridgehead atoms. The number of benzene rings is 1. The number of fused-ring (bicyclic) bond motifs is 1. The van der Waals surface area contributed by atoms with Gasteiger partial charge in [-0.15, -0.1) is 0 Å². The molecule has 31 heavy (non-hydrogen) atoms. The van der Waals surface area contributed by atoms with Crippen LogP contribution in [0.3, 0.4) is 0 Å². The fraction of sp³-hybridized carbons (Fsp3) is 0.417. The van der Waals surface area contributed by atoms with Crippen LogP contribution in [-0.4, -0.2) is 63.0 Å². The van der Waals surface area contributed by atoms with E-state index < -0.39 is 0 Å². The molecule has 7 heteroatoms. The molecule has 7 nitrogen and oxygen atoms in total. The van der Waals surface area contributed by atoms with Crippen molar-refractivity contribution in [3.8, 4) is 17.0 Å². The Hall–Kier alpha value is -2.90. The van der Waals surface area contributed by atoms with E-state index in [1.165, 1.54) is 6.42 Å². The third kappa shape index (κ3) is 4.29. The highest BCUT2D eigenvalue weighted by molar-refractivity contribution is 5.92.